The SMILES string of the molecule is Nc1ccc(C(=O)OCC(F)(F)S(=O)(=O)O)cc1F. The average molecular weight is 299 g/mol. The molecule has 106 valence electrons. The Morgan fingerprint density at radius 3 is 2.47 bits per heavy atom. The van der Waals surface area contributed by atoms with Crippen LogP contribution in [0.2, 0.25) is 0 Å². The van der Waals surface area contributed by atoms with Crippen LogP contribution in [-0.4, -0.2) is 30.8 Å². The van der Waals surface area contributed by atoms with Crippen molar-refractivity contribution in [2.45, 2.75) is 5.25 Å². The van der Waals surface area contributed by atoms with E-state index in [4.69, 9.17) is 10.3 Å². The Labute approximate surface area is 105 Å². The second kappa shape index (κ2) is 5.05. The zero-order valence-electron chi connectivity index (χ0n) is 9.14. The van der Waals surface area contributed by atoms with Gasteiger partial charge < -0.3 is 10.5 Å². The largest absolute Gasteiger partial charge is 0.454 e. The van der Waals surface area contributed by atoms with Crippen molar-refractivity contribution < 1.29 is 35.7 Å². The van der Waals surface area contributed by atoms with Crippen LogP contribution in [-0.2, 0) is 14.9 Å². The Hall–Kier alpha value is -1.81. The van der Waals surface area contributed by atoms with E-state index in [0.717, 1.165) is 12.1 Å². The van der Waals surface area contributed by atoms with Crippen molar-refractivity contribution >= 4 is 21.8 Å². The summed E-state index contributed by atoms with van der Waals surface area (Å²) in [7, 11) is -5.70. The minimum atomic E-state index is -5.70. The fourth-order valence-corrected chi connectivity index (χ4v) is 1.17. The van der Waals surface area contributed by atoms with E-state index in [9.17, 15) is 26.4 Å². The van der Waals surface area contributed by atoms with Crippen molar-refractivity contribution in [2.24, 2.45) is 0 Å². The van der Waals surface area contributed by atoms with Crippen LogP contribution in [0.3, 0.4) is 0 Å². The molecule has 6 nitrogen and oxygen atoms in total. The van der Waals surface area contributed by atoms with Crippen LogP contribution < -0.4 is 5.73 Å². The summed E-state index contributed by atoms with van der Waals surface area (Å²) in [5, 5.41) is -4.64. The van der Waals surface area contributed by atoms with Gasteiger partial charge in [-0.15, -0.1) is 0 Å². The molecule has 19 heavy (non-hydrogen) atoms. The third-order valence-electron chi connectivity index (χ3n) is 1.98. The Bertz CT molecular complexity index is 602. The fourth-order valence-electron chi connectivity index (χ4n) is 0.961. The van der Waals surface area contributed by atoms with Gasteiger partial charge in [0.05, 0.1) is 11.3 Å². The topological polar surface area (TPSA) is 107 Å². The lowest BCUT2D eigenvalue weighted by molar-refractivity contribution is -0.00952. The van der Waals surface area contributed by atoms with Crippen molar-refractivity contribution in [2.75, 3.05) is 12.3 Å². The zero-order chi connectivity index (χ0) is 14.8. The molecule has 0 aliphatic carbocycles. The van der Waals surface area contributed by atoms with E-state index in [1.54, 1.807) is 0 Å². The molecule has 0 saturated heterocycles. The summed E-state index contributed by atoms with van der Waals surface area (Å²) >= 11 is 0. The summed E-state index contributed by atoms with van der Waals surface area (Å²) < 4.78 is 71.1. The van der Waals surface area contributed by atoms with Crippen molar-refractivity contribution in [3.05, 3.63) is 29.6 Å². The summed E-state index contributed by atoms with van der Waals surface area (Å²) in [6, 6.07) is 2.66. The standard InChI is InChI=1S/C9H8F3NO5S/c10-6-3-5(1-2-7(6)13)8(14)18-4-9(11,12)19(15,16)17/h1-3H,4,13H2,(H,15,16,17). The lowest BCUT2D eigenvalue weighted by atomic mass is 10.2. The summed E-state index contributed by atoms with van der Waals surface area (Å²) in [5.41, 5.74) is 4.43. The van der Waals surface area contributed by atoms with Crippen LogP contribution in [0.1, 0.15) is 10.4 Å². The quantitative estimate of drug-likeness (QED) is 0.489. The third kappa shape index (κ3) is 3.58. The molecular weight excluding hydrogens is 291 g/mol. The molecule has 0 aliphatic heterocycles. The number of carbonyl (C=O) groups is 1. The van der Waals surface area contributed by atoms with Crippen molar-refractivity contribution in [3.63, 3.8) is 0 Å². The normalized spacial score (nSPS) is 12.2. The van der Waals surface area contributed by atoms with Gasteiger partial charge in [0.25, 0.3) is 0 Å². The van der Waals surface area contributed by atoms with E-state index in [2.05, 4.69) is 4.74 Å². The van der Waals surface area contributed by atoms with E-state index in [-0.39, 0.29) is 5.69 Å². The number of benzene rings is 1. The van der Waals surface area contributed by atoms with Gasteiger partial charge in [0.2, 0.25) is 0 Å². The second-order valence-electron chi connectivity index (χ2n) is 3.42. The number of rotatable bonds is 4. The van der Waals surface area contributed by atoms with Gasteiger partial charge in [-0.1, -0.05) is 0 Å². The smallest absolute Gasteiger partial charge is 0.402 e. The molecule has 0 spiro atoms. The minimum absolute atomic E-state index is 0.264. The van der Waals surface area contributed by atoms with E-state index >= 15 is 0 Å². The molecule has 0 fully saturated rings. The predicted octanol–water partition coefficient (Wildman–Crippen LogP) is 1.05. The predicted molar refractivity (Wildman–Crippen MR) is 57.6 cm³/mol. The number of nitrogens with two attached hydrogens (primary N) is 1. The highest BCUT2D eigenvalue weighted by Gasteiger charge is 2.45. The van der Waals surface area contributed by atoms with Gasteiger partial charge in [0, 0.05) is 0 Å². The molecule has 0 aliphatic rings. The zero-order valence-corrected chi connectivity index (χ0v) is 9.96. The highest BCUT2D eigenvalue weighted by Crippen LogP contribution is 2.21. The second-order valence-corrected chi connectivity index (χ2v) is 4.97. The van der Waals surface area contributed by atoms with Crippen LogP contribution in [0.25, 0.3) is 0 Å². The molecule has 1 rings (SSSR count). The average Bonchev–Trinajstić information content (AvgIpc) is 2.28. The highest BCUT2D eigenvalue weighted by molar-refractivity contribution is 7.86. The summed E-state index contributed by atoms with van der Waals surface area (Å²) in [6.45, 7) is -1.89. The molecule has 10 heteroatoms. The van der Waals surface area contributed by atoms with Gasteiger partial charge in [0.15, 0.2) is 6.61 Å². The van der Waals surface area contributed by atoms with Crippen LogP contribution in [0.5, 0.6) is 0 Å². The van der Waals surface area contributed by atoms with Crippen LogP contribution in [0.4, 0.5) is 18.9 Å². The summed E-state index contributed by atoms with van der Waals surface area (Å²) in [6.07, 6.45) is 0. The first-order valence-electron chi connectivity index (χ1n) is 4.61. The van der Waals surface area contributed by atoms with E-state index in [0.29, 0.717) is 6.07 Å². The van der Waals surface area contributed by atoms with Gasteiger partial charge in [-0.05, 0) is 18.2 Å². The summed E-state index contributed by atoms with van der Waals surface area (Å²) in [5.74, 6) is -2.35. The monoisotopic (exact) mass is 299 g/mol. The van der Waals surface area contributed by atoms with Crippen LogP contribution >= 0.6 is 0 Å². The van der Waals surface area contributed by atoms with Gasteiger partial charge in [-0.2, -0.15) is 17.2 Å². The van der Waals surface area contributed by atoms with Crippen molar-refractivity contribution in [3.8, 4) is 0 Å². The lowest BCUT2D eigenvalue weighted by Gasteiger charge is -2.13. The maximum absolute atomic E-state index is 13.0. The number of carbonyl (C=O) groups excluding carboxylic acids is 1. The molecule has 1 aromatic carbocycles. The minimum Gasteiger partial charge on any atom is -0.454 e. The van der Waals surface area contributed by atoms with E-state index < -0.39 is 39.3 Å². The van der Waals surface area contributed by atoms with Crippen molar-refractivity contribution in [1.82, 2.24) is 0 Å². The molecule has 0 aromatic heterocycles. The number of hydrogen-bond donors (Lipinski definition) is 2. The molecule has 0 heterocycles. The highest BCUT2D eigenvalue weighted by atomic mass is 32.2. The number of hydrogen-bond acceptors (Lipinski definition) is 5. The molecule has 0 unspecified atom stereocenters. The van der Waals surface area contributed by atoms with Gasteiger partial charge in [-0.3, -0.25) is 4.55 Å². The molecule has 0 amide bonds. The molecule has 1 aromatic rings. The van der Waals surface area contributed by atoms with E-state index in [1.807, 2.05) is 0 Å². The number of nitrogen functional groups attached to an aromatic ring is 1. The van der Waals surface area contributed by atoms with Crippen LogP contribution in [0, 0.1) is 5.82 Å². The van der Waals surface area contributed by atoms with Gasteiger partial charge >= 0.3 is 21.3 Å². The maximum atomic E-state index is 13.0. The lowest BCUT2D eigenvalue weighted by Crippen LogP contribution is -2.34. The van der Waals surface area contributed by atoms with Gasteiger partial charge in [0.1, 0.15) is 5.82 Å². The third-order valence-corrected chi connectivity index (χ3v) is 2.86. The Balaban J connectivity index is 2.79. The number of halogens is 3. The number of esters is 1. The molecule has 0 saturated carbocycles. The first kappa shape index (κ1) is 15.2. The molecule has 0 atom stereocenters. The number of ether oxygens (including phenoxy) is 1. The van der Waals surface area contributed by atoms with Crippen molar-refractivity contribution in [1.29, 1.82) is 0 Å². The first-order chi connectivity index (χ1) is 8.54. The Kier molecular flexibility index (Phi) is 4.06. The van der Waals surface area contributed by atoms with Crippen LogP contribution in [0.15, 0.2) is 18.2 Å². The molecule has 0 radical (unpaired) electrons. The fraction of sp³-hybridized carbons (Fsp3) is 0.222. The molecular formula is C9H8F3NO5S. The maximum Gasteiger partial charge on any atom is 0.402 e. The molecule has 3 N–H and O–H groups in total. The molecule has 0 bridgehead atoms. The number of anilines is 1. The first-order valence-corrected chi connectivity index (χ1v) is 6.05. The summed E-state index contributed by atoms with van der Waals surface area (Å²) in [4.78, 5) is 11.2. The Morgan fingerprint density at radius 1 is 1.42 bits per heavy atom. The van der Waals surface area contributed by atoms with Gasteiger partial charge in [-0.25, -0.2) is 9.18 Å². The number of alkyl halides is 2. The van der Waals surface area contributed by atoms with E-state index in [1.165, 1.54) is 0 Å². The Morgan fingerprint density at radius 2 is 2.00 bits per heavy atom.